The van der Waals surface area contributed by atoms with Crippen LogP contribution in [0.4, 0.5) is 14.5 Å². The van der Waals surface area contributed by atoms with E-state index in [4.69, 9.17) is 0 Å². The summed E-state index contributed by atoms with van der Waals surface area (Å²) < 4.78 is 55.1. The lowest BCUT2D eigenvalue weighted by Crippen LogP contribution is -2.43. The maximum absolute atomic E-state index is 14.3. The molecule has 6 nitrogen and oxygen atoms in total. The Balaban J connectivity index is 1.89. The molecule has 1 aliphatic rings. The molecule has 30 heavy (non-hydrogen) atoms. The molecule has 3 rings (SSSR count). The Morgan fingerprint density at radius 2 is 1.90 bits per heavy atom. The summed E-state index contributed by atoms with van der Waals surface area (Å²) >= 11 is 0. The minimum atomic E-state index is -3.90. The number of sulfonamides is 1. The third-order valence-corrected chi connectivity index (χ3v) is 7.17. The smallest absolute Gasteiger partial charge is 0.243 e. The van der Waals surface area contributed by atoms with Crippen molar-refractivity contribution < 1.29 is 27.1 Å². The molecular formula is C21H24F2N2O4S. The Hall–Kier alpha value is -2.36. The number of hydrogen-bond acceptors (Lipinski definition) is 4. The predicted molar refractivity (Wildman–Crippen MR) is 108 cm³/mol. The number of amides is 1. The standard InChI is InChI=1S/C21H24F2N2O4S/c1-3-18(26)19-16(11-10-15(22)20(19)23)24-21(27)17-5-4-12-25(17)30(28,29)14-8-6-13(2)7-9-14/h6-11,17-18,26H,3-5,12H2,1-2H3,(H,24,27)/t17-,18?/m0/s1. The molecule has 0 bridgehead atoms. The molecule has 1 fully saturated rings. The van der Waals surface area contributed by atoms with E-state index in [-0.39, 0.29) is 29.1 Å². The van der Waals surface area contributed by atoms with Gasteiger partial charge in [0.1, 0.15) is 6.04 Å². The molecule has 1 heterocycles. The Morgan fingerprint density at radius 3 is 2.53 bits per heavy atom. The van der Waals surface area contributed by atoms with E-state index in [1.807, 2.05) is 6.92 Å². The van der Waals surface area contributed by atoms with Gasteiger partial charge in [-0.1, -0.05) is 24.6 Å². The summed E-state index contributed by atoms with van der Waals surface area (Å²) in [7, 11) is -3.90. The second-order valence-corrected chi connectivity index (χ2v) is 9.21. The van der Waals surface area contributed by atoms with Gasteiger partial charge in [-0.3, -0.25) is 4.79 Å². The van der Waals surface area contributed by atoms with Crippen molar-refractivity contribution >= 4 is 21.6 Å². The van der Waals surface area contributed by atoms with Gasteiger partial charge < -0.3 is 10.4 Å². The third kappa shape index (κ3) is 4.23. The van der Waals surface area contributed by atoms with Gasteiger partial charge in [-0.25, -0.2) is 17.2 Å². The fraction of sp³-hybridized carbons (Fsp3) is 0.381. The molecule has 0 spiro atoms. The number of benzene rings is 2. The number of carbonyl (C=O) groups is 1. The highest BCUT2D eigenvalue weighted by atomic mass is 32.2. The van der Waals surface area contributed by atoms with Crippen LogP contribution in [-0.4, -0.2) is 36.3 Å². The van der Waals surface area contributed by atoms with Crippen LogP contribution in [0.2, 0.25) is 0 Å². The van der Waals surface area contributed by atoms with Crippen LogP contribution in [0.1, 0.15) is 43.4 Å². The van der Waals surface area contributed by atoms with Crippen LogP contribution < -0.4 is 5.32 Å². The quantitative estimate of drug-likeness (QED) is 0.723. The van der Waals surface area contributed by atoms with Crippen LogP contribution in [0, 0.1) is 18.6 Å². The molecule has 162 valence electrons. The summed E-state index contributed by atoms with van der Waals surface area (Å²) in [6, 6.07) is 7.36. The summed E-state index contributed by atoms with van der Waals surface area (Å²) in [5.74, 6) is -3.03. The number of rotatable bonds is 6. The number of nitrogens with zero attached hydrogens (tertiary/aromatic N) is 1. The second-order valence-electron chi connectivity index (χ2n) is 7.32. The molecule has 1 aliphatic heterocycles. The third-order valence-electron chi connectivity index (χ3n) is 5.24. The Kier molecular flexibility index (Phi) is 6.54. The van der Waals surface area contributed by atoms with Crippen LogP contribution in [0.3, 0.4) is 0 Å². The van der Waals surface area contributed by atoms with Crippen molar-refractivity contribution in [2.45, 2.75) is 50.2 Å². The van der Waals surface area contributed by atoms with E-state index < -0.39 is 39.7 Å². The molecule has 1 amide bonds. The Labute approximate surface area is 174 Å². The van der Waals surface area contributed by atoms with Crippen LogP contribution in [0.15, 0.2) is 41.3 Å². The molecule has 2 aromatic rings. The molecular weight excluding hydrogens is 414 g/mol. The van der Waals surface area contributed by atoms with Crippen molar-refractivity contribution in [3.05, 3.63) is 59.2 Å². The summed E-state index contributed by atoms with van der Waals surface area (Å²) in [6.45, 7) is 3.61. The van der Waals surface area contributed by atoms with E-state index in [1.165, 1.54) is 12.1 Å². The maximum Gasteiger partial charge on any atom is 0.243 e. The van der Waals surface area contributed by atoms with Crippen molar-refractivity contribution in [3.63, 3.8) is 0 Å². The Bertz CT molecular complexity index is 1040. The lowest BCUT2D eigenvalue weighted by Gasteiger charge is -2.24. The first-order valence-electron chi connectivity index (χ1n) is 9.72. The molecule has 1 saturated heterocycles. The zero-order valence-corrected chi connectivity index (χ0v) is 17.5. The lowest BCUT2D eigenvalue weighted by atomic mass is 10.0. The molecule has 0 aliphatic carbocycles. The van der Waals surface area contributed by atoms with Gasteiger partial charge in [-0.05, 0) is 50.5 Å². The van der Waals surface area contributed by atoms with E-state index in [1.54, 1.807) is 19.1 Å². The number of aliphatic hydroxyl groups is 1. The van der Waals surface area contributed by atoms with Crippen molar-refractivity contribution in [3.8, 4) is 0 Å². The first-order valence-corrected chi connectivity index (χ1v) is 11.2. The number of aryl methyl sites for hydroxylation is 1. The summed E-state index contributed by atoms with van der Waals surface area (Å²) in [5, 5.41) is 12.6. The predicted octanol–water partition coefficient (Wildman–Crippen LogP) is 3.51. The van der Waals surface area contributed by atoms with Gasteiger partial charge in [0.15, 0.2) is 11.6 Å². The average molecular weight is 438 g/mol. The number of hydrogen-bond donors (Lipinski definition) is 2. The summed E-state index contributed by atoms with van der Waals surface area (Å²) in [6.07, 6.45) is -0.412. The molecule has 0 radical (unpaired) electrons. The van der Waals surface area contributed by atoms with Crippen molar-refractivity contribution in [1.29, 1.82) is 0 Å². The van der Waals surface area contributed by atoms with Gasteiger partial charge in [-0.2, -0.15) is 4.31 Å². The molecule has 1 unspecified atom stereocenters. The van der Waals surface area contributed by atoms with E-state index in [0.717, 1.165) is 22.0 Å². The fourth-order valence-corrected chi connectivity index (χ4v) is 5.21. The van der Waals surface area contributed by atoms with Gasteiger partial charge in [0.25, 0.3) is 0 Å². The minimum absolute atomic E-state index is 0.0761. The van der Waals surface area contributed by atoms with Gasteiger partial charge in [0, 0.05) is 17.8 Å². The first kappa shape index (κ1) is 22.3. The van der Waals surface area contributed by atoms with Gasteiger partial charge in [0.05, 0.1) is 11.0 Å². The first-order chi connectivity index (χ1) is 14.2. The van der Waals surface area contributed by atoms with Gasteiger partial charge >= 0.3 is 0 Å². The largest absolute Gasteiger partial charge is 0.388 e. The molecule has 0 saturated carbocycles. The van der Waals surface area contributed by atoms with Crippen molar-refractivity contribution in [1.82, 2.24) is 4.31 Å². The summed E-state index contributed by atoms with van der Waals surface area (Å²) in [4.78, 5) is 13.0. The van der Waals surface area contributed by atoms with Crippen LogP contribution in [0.5, 0.6) is 0 Å². The van der Waals surface area contributed by atoms with E-state index in [9.17, 15) is 27.1 Å². The SMILES string of the molecule is CCC(O)c1c(NC(=O)[C@@H]2CCCN2S(=O)(=O)c2ccc(C)cc2)ccc(F)c1F. The molecule has 0 aromatic heterocycles. The monoisotopic (exact) mass is 438 g/mol. The highest BCUT2D eigenvalue weighted by Gasteiger charge is 2.39. The van der Waals surface area contributed by atoms with Gasteiger partial charge in [-0.15, -0.1) is 0 Å². The average Bonchev–Trinajstić information content (AvgIpc) is 3.22. The number of anilines is 1. The highest BCUT2D eigenvalue weighted by Crippen LogP contribution is 2.32. The fourth-order valence-electron chi connectivity index (χ4n) is 3.56. The zero-order chi connectivity index (χ0) is 22.1. The van der Waals surface area contributed by atoms with E-state index >= 15 is 0 Å². The molecule has 2 aromatic carbocycles. The second kappa shape index (κ2) is 8.79. The lowest BCUT2D eigenvalue weighted by molar-refractivity contribution is -0.119. The van der Waals surface area contributed by atoms with Crippen LogP contribution in [-0.2, 0) is 14.8 Å². The maximum atomic E-state index is 14.3. The van der Waals surface area contributed by atoms with Crippen molar-refractivity contribution in [2.75, 3.05) is 11.9 Å². The number of nitrogens with one attached hydrogen (secondary N) is 1. The topological polar surface area (TPSA) is 86.7 Å². The van der Waals surface area contributed by atoms with E-state index in [0.29, 0.717) is 12.8 Å². The zero-order valence-electron chi connectivity index (χ0n) is 16.7. The number of carbonyl (C=O) groups excluding carboxylic acids is 1. The number of halogens is 2. The van der Waals surface area contributed by atoms with Gasteiger partial charge in [0.2, 0.25) is 15.9 Å². The summed E-state index contributed by atoms with van der Waals surface area (Å²) in [5.41, 5.74) is 0.481. The normalized spacial score (nSPS) is 18.4. The molecule has 2 N–H and O–H groups in total. The van der Waals surface area contributed by atoms with Crippen molar-refractivity contribution in [2.24, 2.45) is 0 Å². The number of aliphatic hydroxyl groups excluding tert-OH is 1. The molecule has 2 atom stereocenters. The van der Waals surface area contributed by atoms with E-state index in [2.05, 4.69) is 5.32 Å². The Morgan fingerprint density at radius 1 is 1.23 bits per heavy atom. The highest BCUT2D eigenvalue weighted by molar-refractivity contribution is 7.89. The minimum Gasteiger partial charge on any atom is -0.388 e. The molecule has 9 heteroatoms. The van der Waals surface area contributed by atoms with Crippen LogP contribution >= 0.6 is 0 Å². The van der Waals surface area contributed by atoms with Crippen LogP contribution in [0.25, 0.3) is 0 Å².